The maximum atomic E-state index is 2.23. The van der Waals surface area contributed by atoms with E-state index in [1.54, 1.807) is 0 Å². The van der Waals surface area contributed by atoms with Gasteiger partial charge < -0.3 is 0 Å². The highest BCUT2D eigenvalue weighted by atomic mass is 14.9. The second-order valence-corrected chi connectivity index (χ2v) is 3.19. The van der Waals surface area contributed by atoms with Crippen molar-refractivity contribution in [2.45, 2.75) is 19.8 Å². The Kier molecular flexibility index (Phi) is 2.64. The lowest BCUT2D eigenvalue weighted by Crippen LogP contribution is -2.00. The number of hydrogen-bond acceptors (Lipinski definition) is 0. The van der Waals surface area contributed by atoms with E-state index in [1.165, 1.54) is 17.6 Å². The minimum atomic E-state index is 1.15. The van der Waals surface area contributed by atoms with Gasteiger partial charge in [0.25, 0.3) is 0 Å². The topological polar surface area (TPSA) is 3.01 Å². The zero-order valence-electron chi connectivity index (χ0n) is 7.59. The van der Waals surface area contributed by atoms with E-state index in [-0.39, 0.29) is 0 Å². The number of rotatable bonds is 2. The molecule has 0 heterocycles. The average Bonchev–Trinajstić information content (AvgIpc) is 2.34. The molecule has 11 heavy (non-hydrogen) atoms. The predicted molar refractivity (Wildman–Crippen MR) is 49.2 cm³/mol. The highest BCUT2D eigenvalue weighted by Gasteiger charge is 2.06. The van der Waals surface area contributed by atoms with Gasteiger partial charge in [-0.25, -0.2) is 4.58 Å². The second-order valence-electron chi connectivity index (χ2n) is 3.19. The molecule has 0 N–H and O–H groups in total. The van der Waals surface area contributed by atoms with Crippen molar-refractivity contribution in [2.75, 3.05) is 14.1 Å². The Balaban J connectivity index is 2.53. The summed E-state index contributed by atoms with van der Waals surface area (Å²) < 4.78 is 2.10. The molecule has 0 saturated heterocycles. The van der Waals surface area contributed by atoms with Gasteiger partial charge in [0.1, 0.15) is 14.1 Å². The van der Waals surface area contributed by atoms with E-state index in [4.69, 9.17) is 0 Å². The molecule has 1 aliphatic carbocycles. The average molecular weight is 150 g/mol. The molecule has 0 fully saturated rings. The third kappa shape index (κ3) is 2.34. The largest absolute Gasteiger partial charge is 0.241 e. The molecule has 0 aromatic heterocycles. The molecule has 0 spiro atoms. The first-order chi connectivity index (χ1) is 5.22. The first-order valence-electron chi connectivity index (χ1n) is 4.12. The van der Waals surface area contributed by atoms with Crippen LogP contribution in [0.15, 0.2) is 23.3 Å². The quantitative estimate of drug-likeness (QED) is 0.418. The maximum Gasteiger partial charge on any atom is 0.166 e. The lowest BCUT2D eigenvalue weighted by molar-refractivity contribution is -0.459. The van der Waals surface area contributed by atoms with Crippen molar-refractivity contribution < 1.29 is 4.58 Å². The Morgan fingerprint density at radius 2 is 2.18 bits per heavy atom. The molecule has 0 aromatic carbocycles. The normalized spacial score (nSPS) is 15.9. The molecule has 1 rings (SSSR count). The fourth-order valence-electron chi connectivity index (χ4n) is 1.27. The van der Waals surface area contributed by atoms with Crippen LogP contribution in [-0.2, 0) is 0 Å². The molecule has 0 saturated carbocycles. The fraction of sp³-hybridized carbons (Fsp3) is 0.500. The van der Waals surface area contributed by atoms with Crippen LogP contribution in [0.2, 0.25) is 0 Å². The minimum absolute atomic E-state index is 1.15. The molecule has 0 amide bonds. The van der Waals surface area contributed by atoms with Gasteiger partial charge in [-0.15, -0.1) is 0 Å². The van der Waals surface area contributed by atoms with E-state index in [1.807, 2.05) is 0 Å². The summed E-state index contributed by atoms with van der Waals surface area (Å²) in [7, 11) is 4.12. The van der Waals surface area contributed by atoms with Gasteiger partial charge in [-0.3, -0.25) is 0 Å². The molecule has 0 aliphatic heterocycles. The molecular weight excluding hydrogens is 134 g/mol. The lowest BCUT2D eigenvalue weighted by Gasteiger charge is -1.94. The molecule has 1 aliphatic rings. The Labute approximate surface area is 68.7 Å². The second kappa shape index (κ2) is 3.51. The molecule has 0 atom stereocenters. The van der Waals surface area contributed by atoms with Gasteiger partial charge in [-0.1, -0.05) is 24.6 Å². The van der Waals surface area contributed by atoms with Crippen molar-refractivity contribution in [3.8, 4) is 0 Å². The summed E-state index contributed by atoms with van der Waals surface area (Å²) in [6, 6.07) is 0. The third-order valence-electron chi connectivity index (χ3n) is 1.84. The maximum absolute atomic E-state index is 2.23. The van der Waals surface area contributed by atoms with Crippen LogP contribution in [0, 0.1) is 0 Å². The molecule has 1 heteroatoms. The van der Waals surface area contributed by atoms with Gasteiger partial charge in [0, 0.05) is 5.57 Å². The van der Waals surface area contributed by atoms with Crippen LogP contribution in [-0.4, -0.2) is 24.9 Å². The van der Waals surface area contributed by atoms with Crippen LogP contribution in [0.25, 0.3) is 0 Å². The van der Waals surface area contributed by atoms with Crippen LogP contribution in [0.3, 0.4) is 0 Å². The molecule has 1 nitrogen and oxygen atoms in total. The van der Waals surface area contributed by atoms with Crippen molar-refractivity contribution in [2.24, 2.45) is 0 Å². The van der Waals surface area contributed by atoms with E-state index in [9.17, 15) is 0 Å². The number of hydrogen-bond donors (Lipinski definition) is 0. The van der Waals surface area contributed by atoms with Crippen molar-refractivity contribution in [1.82, 2.24) is 0 Å². The molecule has 0 radical (unpaired) electrons. The van der Waals surface area contributed by atoms with Crippen molar-refractivity contribution in [3.63, 3.8) is 0 Å². The molecule has 60 valence electrons. The van der Waals surface area contributed by atoms with Gasteiger partial charge in [-0.05, 0) is 12.8 Å². The van der Waals surface area contributed by atoms with E-state index in [0.717, 1.165) is 6.42 Å². The Morgan fingerprint density at radius 3 is 2.64 bits per heavy atom. The van der Waals surface area contributed by atoms with Crippen LogP contribution in [0.4, 0.5) is 0 Å². The molecule has 0 aromatic rings. The first-order valence-corrected chi connectivity index (χ1v) is 4.12. The van der Waals surface area contributed by atoms with Crippen molar-refractivity contribution in [1.29, 1.82) is 0 Å². The zero-order chi connectivity index (χ0) is 8.27. The Morgan fingerprint density at radius 1 is 1.45 bits per heavy atom. The van der Waals surface area contributed by atoms with Crippen LogP contribution >= 0.6 is 0 Å². The standard InChI is InChI=1S/C10H16N/c1-4-9-5-6-10(7-9)8-11(2)3/h5-6,8H,4,7H2,1-3H3/q+1. The molecule has 0 bridgehead atoms. The first kappa shape index (κ1) is 8.25. The Bertz CT molecular complexity index is 227. The van der Waals surface area contributed by atoms with Gasteiger partial charge in [0.05, 0.1) is 0 Å². The molecule has 0 unspecified atom stereocenters. The van der Waals surface area contributed by atoms with Crippen LogP contribution < -0.4 is 0 Å². The van der Waals surface area contributed by atoms with Gasteiger partial charge in [-0.2, -0.15) is 0 Å². The predicted octanol–water partition coefficient (Wildman–Crippen LogP) is 2.00. The van der Waals surface area contributed by atoms with Gasteiger partial charge in [0.15, 0.2) is 6.21 Å². The van der Waals surface area contributed by atoms with Crippen molar-refractivity contribution in [3.05, 3.63) is 23.3 Å². The monoisotopic (exact) mass is 150 g/mol. The zero-order valence-corrected chi connectivity index (χ0v) is 7.59. The smallest absolute Gasteiger partial charge is 0.166 e. The van der Waals surface area contributed by atoms with Gasteiger partial charge >= 0.3 is 0 Å². The van der Waals surface area contributed by atoms with Crippen molar-refractivity contribution >= 4 is 6.21 Å². The summed E-state index contributed by atoms with van der Waals surface area (Å²) >= 11 is 0. The van der Waals surface area contributed by atoms with E-state index >= 15 is 0 Å². The highest BCUT2D eigenvalue weighted by molar-refractivity contribution is 5.77. The fourth-order valence-corrected chi connectivity index (χ4v) is 1.27. The highest BCUT2D eigenvalue weighted by Crippen LogP contribution is 2.19. The van der Waals surface area contributed by atoms with E-state index < -0.39 is 0 Å². The van der Waals surface area contributed by atoms with Crippen LogP contribution in [0.5, 0.6) is 0 Å². The summed E-state index contributed by atoms with van der Waals surface area (Å²) in [5, 5.41) is 0. The third-order valence-corrected chi connectivity index (χ3v) is 1.84. The Hall–Kier alpha value is -0.850. The van der Waals surface area contributed by atoms with E-state index in [2.05, 4.69) is 44.0 Å². The summed E-state index contributed by atoms with van der Waals surface area (Å²) in [5.74, 6) is 0. The number of nitrogens with zero attached hydrogens (tertiary/aromatic N) is 1. The lowest BCUT2D eigenvalue weighted by atomic mass is 10.1. The summed E-state index contributed by atoms with van der Waals surface area (Å²) in [5.41, 5.74) is 2.96. The minimum Gasteiger partial charge on any atom is -0.241 e. The summed E-state index contributed by atoms with van der Waals surface area (Å²) in [6.45, 7) is 2.21. The summed E-state index contributed by atoms with van der Waals surface area (Å²) in [4.78, 5) is 0. The SMILES string of the molecule is CCC1=CC=C(C=[N+](C)C)C1. The van der Waals surface area contributed by atoms with E-state index in [0.29, 0.717) is 0 Å². The van der Waals surface area contributed by atoms with Crippen LogP contribution in [0.1, 0.15) is 19.8 Å². The number of allylic oxidation sites excluding steroid dienone is 4. The summed E-state index contributed by atoms with van der Waals surface area (Å²) in [6.07, 6.45) is 8.95. The molecular formula is C10H16N+. The van der Waals surface area contributed by atoms with Gasteiger partial charge in [0.2, 0.25) is 0 Å².